The van der Waals surface area contributed by atoms with E-state index in [0.29, 0.717) is 5.02 Å². The van der Waals surface area contributed by atoms with Crippen LogP contribution in [0.15, 0.2) is 12.1 Å². The number of carbonyl (C=O) groups is 1. The molecule has 1 N–H and O–H groups in total. The number of methoxy groups -OCH3 is 1. The van der Waals surface area contributed by atoms with E-state index in [9.17, 15) is 9.18 Å². The Morgan fingerprint density at radius 1 is 1.62 bits per heavy atom. The van der Waals surface area contributed by atoms with Crippen molar-refractivity contribution in [2.24, 2.45) is 5.92 Å². The van der Waals surface area contributed by atoms with Crippen LogP contribution in [-0.2, 0) is 11.2 Å². The molecule has 3 nitrogen and oxygen atoms in total. The minimum Gasteiger partial charge on any atom is -0.494 e. The number of carboxylic acid groups (broad SMARTS) is 1. The van der Waals surface area contributed by atoms with E-state index in [-0.39, 0.29) is 17.7 Å². The third kappa shape index (κ3) is 2.85. The Hall–Kier alpha value is -1.29. The smallest absolute Gasteiger partial charge is 0.306 e. The van der Waals surface area contributed by atoms with E-state index in [2.05, 4.69) is 0 Å². The quantitative estimate of drug-likeness (QED) is 0.889. The van der Waals surface area contributed by atoms with Crippen LogP contribution in [0.1, 0.15) is 12.5 Å². The molecule has 0 amide bonds. The van der Waals surface area contributed by atoms with Crippen LogP contribution in [0, 0.1) is 11.7 Å². The Kier molecular flexibility index (Phi) is 4.12. The molecule has 0 saturated heterocycles. The predicted octanol–water partition coefficient (Wildman–Crippen LogP) is 2.75. The standard InChI is InChI=1S/C11H12ClFO3/c1-6(11(14)15)3-7-4-8(12)5-9(16-2)10(7)13/h4-6H,3H2,1-2H3,(H,14,15). The SMILES string of the molecule is COc1cc(Cl)cc(CC(C)C(=O)O)c1F. The van der Waals surface area contributed by atoms with Crippen molar-refractivity contribution in [3.63, 3.8) is 0 Å². The first-order valence-electron chi connectivity index (χ1n) is 4.70. The molecule has 1 aromatic carbocycles. The van der Waals surface area contributed by atoms with Gasteiger partial charge in [-0.15, -0.1) is 0 Å². The molecule has 0 aliphatic rings. The fourth-order valence-electron chi connectivity index (χ4n) is 1.33. The summed E-state index contributed by atoms with van der Waals surface area (Å²) in [5, 5.41) is 9.07. The zero-order chi connectivity index (χ0) is 12.3. The summed E-state index contributed by atoms with van der Waals surface area (Å²) in [7, 11) is 1.33. The molecule has 0 fully saturated rings. The number of hydrogen-bond acceptors (Lipinski definition) is 2. The van der Waals surface area contributed by atoms with Crippen molar-refractivity contribution in [3.05, 3.63) is 28.5 Å². The van der Waals surface area contributed by atoms with Gasteiger partial charge in [0.05, 0.1) is 13.0 Å². The van der Waals surface area contributed by atoms with Gasteiger partial charge in [0.15, 0.2) is 11.6 Å². The third-order valence-electron chi connectivity index (χ3n) is 2.25. The fraction of sp³-hybridized carbons (Fsp3) is 0.364. The summed E-state index contributed by atoms with van der Waals surface area (Å²) in [5.74, 6) is -2.17. The molecule has 0 bridgehead atoms. The van der Waals surface area contributed by atoms with Gasteiger partial charge in [0.25, 0.3) is 0 Å². The lowest BCUT2D eigenvalue weighted by atomic mass is 10.0. The van der Waals surface area contributed by atoms with Crippen molar-refractivity contribution in [1.82, 2.24) is 0 Å². The number of carboxylic acids is 1. The molecule has 0 heterocycles. The molecule has 0 aliphatic carbocycles. The van der Waals surface area contributed by atoms with Crippen LogP contribution < -0.4 is 4.74 Å². The van der Waals surface area contributed by atoms with Crippen LogP contribution in [-0.4, -0.2) is 18.2 Å². The van der Waals surface area contributed by atoms with Crippen molar-refractivity contribution >= 4 is 17.6 Å². The summed E-state index contributed by atoms with van der Waals surface area (Å²) in [4.78, 5) is 10.7. The highest BCUT2D eigenvalue weighted by atomic mass is 35.5. The summed E-state index contributed by atoms with van der Waals surface area (Å²) in [6.45, 7) is 1.51. The molecule has 0 radical (unpaired) electrons. The van der Waals surface area contributed by atoms with Gasteiger partial charge in [-0.05, 0) is 18.1 Å². The second-order valence-electron chi connectivity index (χ2n) is 3.52. The van der Waals surface area contributed by atoms with Gasteiger partial charge in [-0.1, -0.05) is 18.5 Å². The summed E-state index contributed by atoms with van der Waals surface area (Å²) >= 11 is 5.77. The predicted molar refractivity (Wildman–Crippen MR) is 58.5 cm³/mol. The first-order chi connectivity index (χ1) is 7.45. The van der Waals surface area contributed by atoms with Crippen molar-refractivity contribution in [2.75, 3.05) is 7.11 Å². The Labute approximate surface area is 97.8 Å². The van der Waals surface area contributed by atoms with E-state index in [4.69, 9.17) is 21.4 Å². The van der Waals surface area contributed by atoms with Crippen LogP contribution >= 0.6 is 11.6 Å². The number of benzene rings is 1. The highest BCUT2D eigenvalue weighted by Gasteiger charge is 2.17. The number of hydrogen-bond donors (Lipinski definition) is 1. The Bertz CT molecular complexity index is 406. The minimum atomic E-state index is -0.974. The summed E-state index contributed by atoms with van der Waals surface area (Å²) in [6, 6.07) is 2.77. The molecule has 0 spiro atoms. The van der Waals surface area contributed by atoms with Crippen LogP contribution in [0.5, 0.6) is 5.75 Å². The van der Waals surface area contributed by atoms with Gasteiger partial charge in [0, 0.05) is 11.1 Å². The van der Waals surface area contributed by atoms with Gasteiger partial charge < -0.3 is 9.84 Å². The van der Waals surface area contributed by atoms with Crippen LogP contribution in [0.4, 0.5) is 4.39 Å². The number of ether oxygens (including phenoxy) is 1. The second kappa shape index (κ2) is 5.16. The van der Waals surface area contributed by atoms with Crippen molar-refractivity contribution in [2.45, 2.75) is 13.3 Å². The van der Waals surface area contributed by atoms with E-state index < -0.39 is 17.7 Å². The lowest BCUT2D eigenvalue weighted by Crippen LogP contribution is -2.13. The van der Waals surface area contributed by atoms with Crippen LogP contribution in [0.2, 0.25) is 5.02 Å². The van der Waals surface area contributed by atoms with E-state index in [1.807, 2.05) is 0 Å². The van der Waals surface area contributed by atoms with Gasteiger partial charge in [-0.25, -0.2) is 4.39 Å². The van der Waals surface area contributed by atoms with Crippen molar-refractivity contribution in [3.8, 4) is 5.75 Å². The molecule has 5 heteroatoms. The maximum Gasteiger partial charge on any atom is 0.306 e. The molecule has 16 heavy (non-hydrogen) atoms. The molecule has 1 atom stereocenters. The fourth-order valence-corrected chi connectivity index (χ4v) is 1.56. The van der Waals surface area contributed by atoms with Crippen LogP contribution in [0.3, 0.4) is 0 Å². The molecule has 1 aromatic rings. The Morgan fingerprint density at radius 2 is 2.25 bits per heavy atom. The first-order valence-corrected chi connectivity index (χ1v) is 5.08. The second-order valence-corrected chi connectivity index (χ2v) is 3.96. The topological polar surface area (TPSA) is 46.5 Å². The summed E-state index contributed by atoms with van der Waals surface area (Å²) < 4.78 is 18.5. The van der Waals surface area contributed by atoms with Gasteiger partial charge in [0.2, 0.25) is 0 Å². The van der Waals surface area contributed by atoms with Gasteiger partial charge in [0.1, 0.15) is 0 Å². The summed E-state index contributed by atoms with van der Waals surface area (Å²) in [6.07, 6.45) is 0.0814. The molecule has 1 rings (SSSR count). The highest BCUT2D eigenvalue weighted by molar-refractivity contribution is 6.30. The molecule has 0 saturated carbocycles. The third-order valence-corrected chi connectivity index (χ3v) is 2.47. The Morgan fingerprint density at radius 3 is 2.75 bits per heavy atom. The molecular formula is C11H12ClFO3. The van der Waals surface area contributed by atoms with E-state index in [0.717, 1.165) is 0 Å². The maximum absolute atomic E-state index is 13.7. The van der Waals surface area contributed by atoms with Crippen molar-refractivity contribution < 1.29 is 19.0 Å². The normalized spacial score (nSPS) is 12.2. The van der Waals surface area contributed by atoms with Crippen molar-refractivity contribution in [1.29, 1.82) is 0 Å². The molecular weight excluding hydrogens is 235 g/mol. The highest BCUT2D eigenvalue weighted by Crippen LogP contribution is 2.27. The lowest BCUT2D eigenvalue weighted by Gasteiger charge is -2.10. The monoisotopic (exact) mass is 246 g/mol. The number of aliphatic carboxylic acids is 1. The zero-order valence-electron chi connectivity index (χ0n) is 8.96. The molecule has 0 aromatic heterocycles. The van der Waals surface area contributed by atoms with Crippen LogP contribution in [0.25, 0.3) is 0 Å². The Balaban J connectivity index is 3.04. The minimum absolute atomic E-state index is 0.0279. The average molecular weight is 247 g/mol. The largest absolute Gasteiger partial charge is 0.494 e. The molecule has 0 aliphatic heterocycles. The average Bonchev–Trinajstić information content (AvgIpc) is 2.22. The number of halogens is 2. The van der Waals surface area contributed by atoms with Gasteiger partial charge in [-0.3, -0.25) is 4.79 Å². The zero-order valence-corrected chi connectivity index (χ0v) is 9.71. The van der Waals surface area contributed by atoms with E-state index >= 15 is 0 Å². The molecule has 88 valence electrons. The maximum atomic E-state index is 13.7. The van der Waals surface area contributed by atoms with E-state index in [1.165, 1.54) is 26.2 Å². The van der Waals surface area contributed by atoms with Gasteiger partial charge >= 0.3 is 5.97 Å². The first kappa shape index (κ1) is 12.8. The van der Waals surface area contributed by atoms with Gasteiger partial charge in [-0.2, -0.15) is 0 Å². The van der Waals surface area contributed by atoms with E-state index in [1.54, 1.807) is 0 Å². The summed E-state index contributed by atoms with van der Waals surface area (Å²) in [5.41, 5.74) is 0.249. The lowest BCUT2D eigenvalue weighted by molar-refractivity contribution is -0.141. The molecule has 1 unspecified atom stereocenters. The number of rotatable bonds is 4.